The van der Waals surface area contributed by atoms with Crippen LogP contribution in [0, 0.1) is 12.7 Å². The molecule has 1 aromatic carbocycles. The molecule has 1 amide bonds. The summed E-state index contributed by atoms with van der Waals surface area (Å²) in [5, 5.41) is 10.5. The average molecular weight is 248 g/mol. The Morgan fingerprint density at radius 1 is 1.44 bits per heavy atom. The van der Waals surface area contributed by atoms with Gasteiger partial charge in [0.1, 0.15) is 11.5 Å². The molecule has 0 spiro atoms. The van der Waals surface area contributed by atoms with E-state index in [-0.39, 0.29) is 11.3 Å². The molecule has 1 N–H and O–H groups in total. The third-order valence-electron chi connectivity index (χ3n) is 2.14. The molecule has 2 rings (SSSR count). The predicted octanol–water partition coefficient (Wildman–Crippen LogP) is 1.28. The number of nitrogens with one attached hydrogen (secondary N) is 1. The van der Waals surface area contributed by atoms with Crippen molar-refractivity contribution >= 4 is 12.1 Å². The second kappa shape index (κ2) is 5.17. The fourth-order valence-electron chi connectivity index (χ4n) is 1.23. The van der Waals surface area contributed by atoms with Crippen molar-refractivity contribution in [1.29, 1.82) is 0 Å². The standard InChI is InChI=1S/C11H9FN4O2/c1-7-10(16-18-15-7)11(17)14-13-6-8-4-2-3-5-9(8)12/h2-6H,1H3,(H,14,17). The number of nitrogens with zero attached hydrogens (tertiary/aromatic N) is 3. The number of amides is 1. The summed E-state index contributed by atoms with van der Waals surface area (Å²) >= 11 is 0. The quantitative estimate of drug-likeness (QED) is 0.655. The van der Waals surface area contributed by atoms with Crippen molar-refractivity contribution < 1.29 is 13.8 Å². The highest BCUT2D eigenvalue weighted by molar-refractivity contribution is 5.93. The van der Waals surface area contributed by atoms with Gasteiger partial charge in [0, 0.05) is 5.56 Å². The number of hydrogen-bond acceptors (Lipinski definition) is 5. The van der Waals surface area contributed by atoms with E-state index < -0.39 is 11.7 Å². The third-order valence-corrected chi connectivity index (χ3v) is 2.14. The number of carbonyl (C=O) groups excluding carboxylic acids is 1. The van der Waals surface area contributed by atoms with Crippen LogP contribution in [-0.4, -0.2) is 22.4 Å². The van der Waals surface area contributed by atoms with Gasteiger partial charge in [0.2, 0.25) is 0 Å². The SMILES string of the molecule is Cc1nonc1C(=O)NN=Cc1ccccc1F. The van der Waals surface area contributed by atoms with Crippen molar-refractivity contribution in [2.75, 3.05) is 0 Å². The third kappa shape index (κ3) is 2.57. The molecule has 0 saturated carbocycles. The molecule has 0 aliphatic carbocycles. The Hall–Kier alpha value is -2.57. The molecule has 0 aliphatic rings. The fraction of sp³-hybridized carbons (Fsp3) is 0.0909. The van der Waals surface area contributed by atoms with E-state index in [2.05, 4.69) is 25.5 Å². The van der Waals surface area contributed by atoms with E-state index in [1.165, 1.54) is 18.3 Å². The molecule has 1 aromatic heterocycles. The number of benzene rings is 1. The minimum atomic E-state index is -0.568. The van der Waals surface area contributed by atoms with Gasteiger partial charge in [-0.15, -0.1) is 0 Å². The van der Waals surface area contributed by atoms with Crippen LogP contribution in [0.15, 0.2) is 34.0 Å². The highest BCUT2D eigenvalue weighted by atomic mass is 19.1. The Bertz CT molecular complexity index is 594. The zero-order chi connectivity index (χ0) is 13.0. The Balaban J connectivity index is 2.03. The van der Waals surface area contributed by atoms with Gasteiger partial charge in [-0.2, -0.15) is 5.10 Å². The minimum absolute atomic E-state index is 0.0423. The van der Waals surface area contributed by atoms with E-state index in [1.807, 2.05) is 0 Å². The van der Waals surface area contributed by atoms with Crippen LogP contribution >= 0.6 is 0 Å². The molecular formula is C11H9FN4O2. The number of hydrazone groups is 1. The first kappa shape index (κ1) is 11.9. The van der Waals surface area contributed by atoms with E-state index in [4.69, 9.17) is 0 Å². The predicted molar refractivity (Wildman–Crippen MR) is 60.5 cm³/mol. The maximum Gasteiger partial charge on any atom is 0.295 e. The first-order valence-corrected chi connectivity index (χ1v) is 5.05. The largest absolute Gasteiger partial charge is 0.295 e. The summed E-state index contributed by atoms with van der Waals surface area (Å²) in [6.07, 6.45) is 1.20. The molecule has 0 unspecified atom stereocenters. The minimum Gasteiger partial charge on any atom is -0.265 e. The van der Waals surface area contributed by atoms with Gasteiger partial charge in [0.05, 0.1) is 6.21 Å². The van der Waals surface area contributed by atoms with E-state index in [1.54, 1.807) is 19.1 Å². The van der Waals surface area contributed by atoms with Crippen LogP contribution in [0.3, 0.4) is 0 Å². The normalized spacial score (nSPS) is 10.8. The summed E-state index contributed by atoms with van der Waals surface area (Å²) in [4.78, 5) is 11.5. The molecule has 6 nitrogen and oxygen atoms in total. The van der Waals surface area contributed by atoms with Crippen LogP contribution in [0.1, 0.15) is 21.7 Å². The van der Waals surface area contributed by atoms with Crippen molar-refractivity contribution in [3.8, 4) is 0 Å². The van der Waals surface area contributed by atoms with Crippen molar-refractivity contribution in [1.82, 2.24) is 15.7 Å². The van der Waals surface area contributed by atoms with Crippen molar-refractivity contribution in [2.24, 2.45) is 5.10 Å². The lowest BCUT2D eigenvalue weighted by molar-refractivity contribution is 0.0945. The molecule has 0 atom stereocenters. The summed E-state index contributed by atoms with van der Waals surface area (Å²) in [7, 11) is 0. The van der Waals surface area contributed by atoms with Crippen LogP contribution < -0.4 is 5.43 Å². The number of carbonyl (C=O) groups is 1. The number of halogens is 1. The summed E-state index contributed by atoms with van der Waals surface area (Å²) in [6.45, 7) is 1.58. The monoisotopic (exact) mass is 248 g/mol. The zero-order valence-corrected chi connectivity index (χ0v) is 9.42. The number of aromatic nitrogens is 2. The number of aryl methyl sites for hydroxylation is 1. The lowest BCUT2D eigenvalue weighted by atomic mass is 10.2. The Labute approximate surface area is 101 Å². The van der Waals surface area contributed by atoms with E-state index in [0.717, 1.165) is 0 Å². The molecule has 92 valence electrons. The molecule has 18 heavy (non-hydrogen) atoms. The van der Waals surface area contributed by atoms with E-state index in [9.17, 15) is 9.18 Å². The molecule has 1 heterocycles. The van der Waals surface area contributed by atoms with Gasteiger partial charge < -0.3 is 0 Å². The number of rotatable bonds is 3. The van der Waals surface area contributed by atoms with E-state index >= 15 is 0 Å². The lowest BCUT2D eigenvalue weighted by Gasteiger charge is -1.96. The van der Waals surface area contributed by atoms with Gasteiger partial charge >= 0.3 is 0 Å². The van der Waals surface area contributed by atoms with Crippen LogP contribution in [-0.2, 0) is 0 Å². The van der Waals surface area contributed by atoms with Gasteiger partial charge in [-0.05, 0) is 18.1 Å². The average Bonchev–Trinajstić information content (AvgIpc) is 2.78. The topological polar surface area (TPSA) is 80.4 Å². The summed E-state index contributed by atoms with van der Waals surface area (Å²) < 4.78 is 17.6. The second-order valence-corrected chi connectivity index (χ2v) is 3.42. The molecule has 0 fully saturated rings. The summed E-state index contributed by atoms with van der Waals surface area (Å²) in [6, 6.07) is 6.07. The Morgan fingerprint density at radius 3 is 2.89 bits per heavy atom. The van der Waals surface area contributed by atoms with Gasteiger partial charge in [0.15, 0.2) is 5.69 Å². The zero-order valence-electron chi connectivity index (χ0n) is 9.42. The molecule has 0 aliphatic heterocycles. The molecular weight excluding hydrogens is 239 g/mol. The molecule has 0 saturated heterocycles. The van der Waals surface area contributed by atoms with Crippen LogP contribution in [0.2, 0.25) is 0 Å². The maximum atomic E-state index is 13.2. The van der Waals surface area contributed by atoms with Gasteiger partial charge in [0.25, 0.3) is 5.91 Å². The summed E-state index contributed by atoms with van der Waals surface area (Å²) in [5.74, 6) is -0.990. The van der Waals surface area contributed by atoms with Crippen molar-refractivity contribution in [3.05, 3.63) is 47.0 Å². The fourth-order valence-corrected chi connectivity index (χ4v) is 1.23. The molecule has 0 radical (unpaired) electrons. The molecule has 0 bridgehead atoms. The Morgan fingerprint density at radius 2 is 2.22 bits per heavy atom. The van der Waals surface area contributed by atoms with Gasteiger partial charge in [-0.1, -0.05) is 23.4 Å². The van der Waals surface area contributed by atoms with Crippen LogP contribution in [0.4, 0.5) is 4.39 Å². The molecule has 7 heteroatoms. The van der Waals surface area contributed by atoms with E-state index in [0.29, 0.717) is 5.69 Å². The number of hydrogen-bond donors (Lipinski definition) is 1. The first-order valence-electron chi connectivity index (χ1n) is 5.05. The van der Waals surface area contributed by atoms with Crippen molar-refractivity contribution in [3.63, 3.8) is 0 Å². The Kier molecular flexibility index (Phi) is 3.42. The first-order chi connectivity index (χ1) is 8.68. The lowest BCUT2D eigenvalue weighted by Crippen LogP contribution is -2.19. The maximum absolute atomic E-state index is 13.2. The highest BCUT2D eigenvalue weighted by Gasteiger charge is 2.13. The summed E-state index contributed by atoms with van der Waals surface area (Å²) in [5.41, 5.74) is 2.87. The van der Waals surface area contributed by atoms with Gasteiger partial charge in [-0.3, -0.25) is 4.79 Å². The molecule has 2 aromatic rings. The van der Waals surface area contributed by atoms with Crippen LogP contribution in [0.5, 0.6) is 0 Å². The van der Waals surface area contributed by atoms with Crippen molar-refractivity contribution in [2.45, 2.75) is 6.92 Å². The smallest absolute Gasteiger partial charge is 0.265 e. The second-order valence-electron chi connectivity index (χ2n) is 3.42. The highest BCUT2D eigenvalue weighted by Crippen LogP contribution is 2.03. The van der Waals surface area contributed by atoms with Crippen LogP contribution in [0.25, 0.3) is 0 Å². The van der Waals surface area contributed by atoms with Gasteiger partial charge in [-0.25, -0.2) is 14.4 Å².